The van der Waals surface area contributed by atoms with E-state index in [1.165, 1.54) is 12.0 Å². The van der Waals surface area contributed by atoms with Crippen LogP contribution in [0.4, 0.5) is 0 Å². The fraction of sp³-hybridized carbons (Fsp3) is 0.750. The third kappa shape index (κ3) is 1.33. The summed E-state index contributed by atoms with van der Waals surface area (Å²) in [5.74, 6) is 0.579. The SMILES string of the molecule is C=C(C(C)C)C1CCO1. The van der Waals surface area contributed by atoms with E-state index in [1.54, 1.807) is 0 Å². The Bertz CT molecular complexity index is 112. The van der Waals surface area contributed by atoms with Gasteiger partial charge in [0.15, 0.2) is 0 Å². The average Bonchev–Trinajstić information content (AvgIpc) is 1.60. The first-order valence-electron chi connectivity index (χ1n) is 3.52. The maximum atomic E-state index is 5.25. The molecule has 0 N–H and O–H groups in total. The summed E-state index contributed by atoms with van der Waals surface area (Å²) in [5.41, 5.74) is 1.25. The Labute approximate surface area is 56.7 Å². The van der Waals surface area contributed by atoms with E-state index in [-0.39, 0.29) is 0 Å². The first-order chi connectivity index (χ1) is 4.22. The molecule has 1 aliphatic rings. The van der Waals surface area contributed by atoms with Crippen molar-refractivity contribution in [1.29, 1.82) is 0 Å². The smallest absolute Gasteiger partial charge is 0.0806 e. The Morgan fingerprint density at radius 1 is 1.67 bits per heavy atom. The molecular weight excluding hydrogens is 112 g/mol. The van der Waals surface area contributed by atoms with Crippen molar-refractivity contribution in [2.75, 3.05) is 6.61 Å². The zero-order valence-electron chi connectivity index (χ0n) is 6.18. The fourth-order valence-corrected chi connectivity index (χ4v) is 0.900. The second-order valence-electron chi connectivity index (χ2n) is 2.88. The predicted octanol–water partition coefficient (Wildman–Crippen LogP) is 1.99. The lowest BCUT2D eigenvalue weighted by Crippen LogP contribution is -2.30. The van der Waals surface area contributed by atoms with Crippen molar-refractivity contribution >= 4 is 0 Å². The summed E-state index contributed by atoms with van der Waals surface area (Å²) < 4.78 is 5.25. The minimum absolute atomic E-state index is 0.380. The third-order valence-electron chi connectivity index (χ3n) is 1.85. The molecule has 0 spiro atoms. The molecule has 1 heteroatoms. The van der Waals surface area contributed by atoms with Crippen LogP contribution in [-0.4, -0.2) is 12.7 Å². The van der Waals surface area contributed by atoms with Gasteiger partial charge in [-0.25, -0.2) is 0 Å². The summed E-state index contributed by atoms with van der Waals surface area (Å²) in [6.45, 7) is 9.19. The van der Waals surface area contributed by atoms with Gasteiger partial charge < -0.3 is 4.74 Å². The van der Waals surface area contributed by atoms with Gasteiger partial charge in [-0.1, -0.05) is 20.4 Å². The van der Waals surface area contributed by atoms with Crippen molar-refractivity contribution < 1.29 is 4.74 Å². The van der Waals surface area contributed by atoms with Crippen molar-refractivity contribution in [1.82, 2.24) is 0 Å². The molecular formula is C8H14O. The van der Waals surface area contributed by atoms with Gasteiger partial charge in [-0.15, -0.1) is 0 Å². The lowest BCUT2D eigenvalue weighted by atomic mass is 9.95. The van der Waals surface area contributed by atoms with Gasteiger partial charge in [-0.05, 0) is 11.5 Å². The molecule has 0 radical (unpaired) electrons. The van der Waals surface area contributed by atoms with Crippen LogP contribution in [0.1, 0.15) is 20.3 Å². The summed E-state index contributed by atoms with van der Waals surface area (Å²) in [5, 5.41) is 0. The van der Waals surface area contributed by atoms with E-state index in [9.17, 15) is 0 Å². The maximum Gasteiger partial charge on any atom is 0.0806 e. The molecule has 0 aromatic rings. The Morgan fingerprint density at radius 2 is 2.22 bits per heavy atom. The van der Waals surface area contributed by atoms with Gasteiger partial charge in [0.25, 0.3) is 0 Å². The number of hydrogen-bond donors (Lipinski definition) is 0. The zero-order chi connectivity index (χ0) is 6.85. The van der Waals surface area contributed by atoms with Gasteiger partial charge in [0.1, 0.15) is 0 Å². The topological polar surface area (TPSA) is 9.23 Å². The molecule has 0 aromatic heterocycles. The monoisotopic (exact) mass is 126 g/mol. The van der Waals surface area contributed by atoms with E-state index in [1.807, 2.05) is 0 Å². The molecule has 1 fully saturated rings. The van der Waals surface area contributed by atoms with Gasteiger partial charge in [0.2, 0.25) is 0 Å². The van der Waals surface area contributed by atoms with Crippen LogP contribution in [0, 0.1) is 5.92 Å². The van der Waals surface area contributed by atoms with E-state index in [0.29, 0.717) is 12.0 Å². The number of hydrogen-bond acceptors (Lipinski definition) is 1. The molecule has 1 unspecified atom stereocenters. The van der Waals surface area contributed by atoms with Gasteiger partial charge in [0.05, 0.1) is 12.7 Å². The Morgan fingerprint density at radius 3 is 2.33 bits per heavy atom. The number of rotatable bonds is 2. The van der Waals surface area contributed by atoms with Crippen LogP contribution >= 0.6 is 0 Å². The maximum absolute atomic E-state index is 5.25. The Balaban J connectivity index is 2.32. The normalized spacial score (nSPS) is 25.9. The standard InChI is InChI=1S/C8H14O/c1-6(2)7(3)8-4-5-9-8/h6,8H,3-5H2,1-2H3. The molecule has 1 saturated heterocycles. The van der Waals surface area contributed by atoms with E-state index in [2.05, 4.69) is 20.4 Å². The van der Waals surface area contributed by atoms with Gasteiger partial charge in [0, 0.05) is 6.42 Å². The number of ether oxygens (including phenoxy) is 1. The molecule has 0 amide bonds. The van der Waals surface area contributed by atoms with Gasteiger partial charge >= 0.3 is 0 Å². The molecule has 0 saturated carbocycles. The summed E-state index contributed by atoms with van der Waals surface area (Å²) in [6.07, 6.45) is 1.56. The van der Waals surface area contributed by atoms with Crippen LogP contribution in [0.25, 0.3) is 0 Å². The highest BCUT2D eigenvalue weighted by Gasteiger charge is 2.22. The highest BCUT2D eigenvalue weighted by molar-refractivity contribution is 5.07. The molecule has 52 valence electrons. The predicted molar refractivity (Wildman–Crippen MR) is 38.3 cm³/mol. The summed E-state index contributed by atoms with van der Waals surface area (Å²) in [7, 11) is 0. The highest BCUT2D eigenvalue weighted by Crippen LogP contribution is 2.23. The van der Waals surface area contributed by atoms with E-state index >= 15 is 0 Å². The van der Waals surface area contributed by atoms with E-state index in [4.69, 9.17) is 4.74 Å². The molecule has 0 aliphatic carbocycles. The Kier molecular flexibility index (Phi) is 1.91. The third-order valence-corrected chi connectivity index (χ3v) is 1.85. The fourth-order valence-electron chi connectivity index (χ4n) is 0.900. The van der Waals surface area contributed by atoms with Crippen LogP contribution in [0.5, 0.6) is 0 Å². The Hall–Kier alpha value is -0.300. The molecule has 0 bridgehead atoms. The quantitative estimate of drug-likeness (QED) is 0.514. The van der Waals surface area contributed by atoms with Crippen LogP contribution in [-0.2, 0) is 4.74 Å². The first kappa shape index (κ1) is 6.81. The molecule has 1 nitrogen and oxygen atoms in total. The molecule has 0 aromatic carbocycles. The zero-order valence-corrected chi connectivity index (χ0v) is 6.18. The summed E-state index contributed by atoms with van der Waals surface area (Å²) in [6, 6.07) is 0. The molecule has 1 aliphatic heterocycles. The van der Waals surface area contributed by atoms with E-state index < -0.39 is 0 Å². The average molecular weight is 126 g/mol. The van der Waals surface area contributed by atoms with Gasteiger partial charge in [-0.3, -0.25) is 0 Å². The van der Waals surface area contributed by atoms with Crippen molar-refractivity contribution in [2.45, 2.75) is 26.4 Å². The molecule has 1 heterocycles. The molecule has 9 heavy (non-hydrogen) atoms. The minimum atomic E-state index is 0.380. The summed E-state index contributed by atoms with van der Waals surface area (Å²) in [4.78, 5) is 0. The largest absolute Gasteiger partial charge is 0.374 e. The first-order valence-corrected chi connectivity index (χ1v) is 3.52. The second-order valence-corrected chi connectivity index (χ2v) is 2.88. The lowest BCUT2D eigenvalue weighted by Gasteiger charge is -2.30. The van der Waals surface area contributed by atoms with Crippen LogP contribution < -0.4 is 0 Å². The van der Waals surface area contributed by atoms with Crippen LogP contribution in [0.2, 0.25) is 0 Å². The van der Waals surface area contributed by atoms with Crippen molar-refractivity contribution in [3.8, 4) is 0 Å². The van der Waals surface area contributed by atoms with Crippen molar-refractivity contribution in [2.24, 2.45) is 5.92 Å². The van der Waals surface area contributed by atoms with Crippen LogP contribution in [0.3, 0.4) is 0 Å². The summed E-state index contributed by atoms with van der Waals surface area (Å²) >= 11 is 0. The van der Waals surface area contributed by atoms with E-state index in [0.717, 1.165) is 6.61 Å². The van der Waals surface area contributed by atoms with Gasteiger partial charge in [-0.2, -0.15) is 0 Å². The van der Waals surface area contributed by atoms with Crippen LogP contribution in [0.15, 0.2) is 12.2 Å². The molecule has 1 atom stereocenters. The lowest BCUT2D eigenvalue weighted by molar-refractivity contribution is -0.0301. The highest BCUT2D eigenvalue weighted by atomic mass is 16.5. The van der Waals surface area contributed by atoms with Crippen molar-refractivity contribution in [3.63, 3.8) is 0 Å². The minimum Gasteiger partial charge on any atom is -0.374 e. The van der Waals surface area contributed by atoms with Crippen molar-refractivity contribution in [3.05, 3.63) is 12.2 Å². The molecule has 1 rings (SSSR count). The second kappa shape index (κ2) is 2.53.